The molecule has 0 bridgehead atoms. The Bertz CT molecular complexity index is 1050. The molecule has 0 aliphatic heterocycles. The van der Waals surface area contributed by atoms with Gasteiger partial charge in [0, 0.05) is 6.54 Å². The van der Waals surface area contributed by atoms with E-state index < -0.39 is 5.82 Å². The molecule has 140 valence electrons. The van der Waals surface area contributed by atoms with Gasteiger partial charge in [-0.25, -0.2) is 9.37 Å². The van der Waals surface area contributed by atoms with Gasteiger partial charge in [-0.05, 0) is 43.2 Å². The molecular weight excluding hydrogens is 365 g/mol. The molecule has 3 aromatic rings. The second-order valence-corrected chi connectivity index (χ2v) is 7.13. The van der Waals surface area contributed by atoms with Crippen LogP contribution in [0.1, 0.15) is 18.9 Å². The first-order valence-electron chi connectivity index (χ1n) is 8.68. The van der Waals surface area contributed by atoms with E-state index in [2.05, 4.69) is 10.3 Å². The van der Waals surface area contributed by atoms with Crippen LogP contribution in [0.2, 0.25) is 0 Å². The molecule has 0 saturated carbocycles. The number of benzene rings is 2. The summed E-state index contributed by atoms with van der Waals surface area (Å²) in [6, 6.07) is 11.8. The van der Waals surface area contributed by atoms with Gasteiger partial charge in [0.25, 0.3) is 5.56 Å². The molecule has 1 amide bonds. The Morgan fingerprint density at radius 1 is 1.26 bits per heavy atom. The Hall–Kier alpha value is -2.67. The van der Waals surface area contributed by atoms with Gasteiger partial charge in [0.05, 0.1) is 22.3 Å². The Kier molecular flexibility index (Phi) is 5.91. The molecule has 1 aromatic heterocycles. The normalized spacial score (nSPS) is 10.9. The summed E-state index contributed by atoms with van der Waals surface area (Å²) in [7, 11) is 0. The molecule has 7 heteroatoms. The maximum absolute atomic E-state index is 13.9. The number of hydrogen-bond acceptors (Lipinski definition) is 4. The number of hydrogen-bond donors (Lipinski definition) is 1. The quantitative estimate of drug-likeness (QED) is 0.515. The lowest BCUT2D eigenvalue weighted by atomic mass is 10.2. The van der Waals surface area contributed by atoms with Gasteiger partial charge in [-0.2, -0.15) is 0 Å². The lowest BCUT2D eigenvalue weighted by Crippen LogP contribution is -2.24. The minimum atomic E-state index is -0.472. The van der Waals surface area contributed by atoms with E-state index in [1.54, 1.807) is 35.8 Å². The Balaban J connectivity index is 1.80. The zero-order valence-electron chi connectivity index (χ0n) is 15.2. The number of thioether (sulfide) groups is 1. The summed E-state index contributed by atoms with van der Waals surface area (Å²) >= 11 is 1.17. The second kappa shape index (κ2) is 8.35. The van der Waals surface area contributed by atoms with Crippen molar-refractivity contribution in [3.8, 4) is 0 Å². The molecule has 27 heavy (non-hydrogen) atoms. The summed E-state index contributed by atoms with van der Waals surface area (Å²) in [6.45, 7) is 4.28. The van der Waals surface area contributed by atoms with Crippen molar-refractivity contribution in [2.75, 3.05) is 11.1 Å². The van der Waals surface area contributed by atoms with E-state index in [1.807, 2.05) is 13.0 Å². The second-order valence-electron chi connectivity index (χ2n) is 6.19. The lowest BCUT2D eigenvalue weighted by molar-refractivity contribution is -0.113. The fraction of sp³-hybridized carbons (Fsp3) is 0.250. The summed E-state index contributed by atoms with van der Waals surface area (Å²) in [5.41, 5.74) is 1.41. The summed E-state index contributed by atoms with van der Waals surface area (Å²) in [5.74, 6) is -0.796. The predicted molar refractivity (Wildman–Crippen MR) is 107 cm³/mol. The number of carbonyl (C=O) groups is 1. The number of rotatable bonds is 6. The minimum absolute atomic E-state index is 0.0296. The zero-order chi connectivity index (χ0) is 19.4. The highest BCUT2D eigenvalue weighted by atomic mass is 32.2. The molecule has 0 saturated heterocycles. The smallest absolute Gasteiger partial charge is 0.262 e. The van der Waals surface area contributed by atoms with Gasteiger partial charge >= 0.3 is 0 Å². The molecule has 0 unspecified atom stereocenters. The monoisotopic (exact) mass is 385 g/mol. The van der Waals surface area contributed by atoms with Crippen molar-refractivity contribution in [3.05, 3.63) is 64.2 Å². The first kappa shape index (κ1) is 19.1. The number of nitrogens with one attached hydrogen (secondary N) is 1. The zero-order valence-corrected chi connectivity index (χ0v) is 16.0. The maximum atomic E-state index is 13.9. The molecule has 1 N–H and O–H groups in total. The van der Waals surface area contributed by atoms with Crippen LogP contribution in [0.25, 0.3) is 10.9 Å². The highest BCUT2D eigenvalue weighted by molar-refractivity contribution is 7.99. The molecule has 2 aromatic carbocycles. The SMILES string of the molecule is CCCn1c(SCC(=O)Nc2ccc(C)cc2F)nc2ccccc2c1=O. The average Bonchev–Trinajstić information content (AvgIpc) is 2.65. The van der Waals surface area contributed by atoms with Crippen LogP contribution >= 0.6 is 11.8 Å². The van der Waals surface area contributed by atoms with E-state index in [4.69, 9.17) is 0 Å². The van der Waals surface area contributed by atoms with E-state index in [-0.39, 0.29) is 22.9 Å². The fourth-order valence-corrected chi connectivity index (χ4v) is 3.54. The van der Waals surface area contributed by atoms with Crippen LogP contribution in [-0.4, -0.2) is 21.2 Å². The predicted octanol–water partition coefficient (Wildman–Crippen LogP) is 3.98. The molecule has 3 rings (SSSR count). The molecule has 5 nitrogen and oxygen atoms in total. The van der Waals surface area contributed by atoms with Crippen molar-refractivity contribution in [1.82, 2.24) is 9.55 Å². The topological polar surface area (TPSA) is 64.0 Å². The molecule has 0 aliphatic rings. The summed E-state index contributed by atoms with van der Waals surface area (Å²) in [6.07, 6.45) is 0.772. The van der Waals surface area contributed by atoms with Gasteiger partial charge in [-0.3, -0.25) is 14.2 Å². The number of fused-ring (bicyclic) bond motifs is 1. The van der Waals surface area contributed by atoms with Gasteiger partial charge in [0.15, 0.2) is 5.16 Å². The standard InChI is InChI=1S/C20H20FN3O2S/c1-3-10-24-19(26)14-6-4-5-7-16(14)23-20(24)27-12-18(25)22-17-9-8-13(2)11-15(17)21/h4-9,11H,3,10,12H2,1-2H3,(H,22,25). The van der Waals surface area contributed by atoms with Crippen LogP contribution in [0.15, 0.2) is 52.4 Å². The van der Waals surface area contributed by atoms with Crippen LogP contribution in [0.3, 0.4) is 0 Å². The van der Waals surface area contributed by atoms with Gasteiger partial charge in [0.2, 0.25) is 5.91 Å². The fourth-order valence-electron chi connectivity index (χ4n) is 2.72. The Morgan fingerprint density at radius 2 is 2.04 bits per heavy atom. The largest absolute Gasteiger partial charge is 0.323 e. The molecular formula is C20H20FN3O2S. The van der Waals surface area contributed by atoms with Crippen LogP contribution in [0, 0.1) is 12.7 Å². The molecule has 0 radical (unpaired) electrons. The molecule has 1 heterocycles. The summed E-state index contributed by atoms with van der Waals surface area (Å²) < 4.78 is 15.5. The van der Waals surface area contributed by atoms with Crippen LogP contribution in [0.4, 0.5) is 10.1 Å². The first-order valence-corrected chi connectivity index (χ1v) is 9.66. The average molecular weight is 385 g/mol. The number of aromatic nitrogens is 2. The number of halogens is 1. The molecule has 0 fully saturated rings. The molecule has 0 atom stereocenters. The molecule has 0 spiro atoms. The lowest BCUT2D eigenvalue weighted by Gasteiger charge is -2.12. The minimum Gasteiger partial charge on any atom is -0.323 e. The van der Waals surface area contributed by atoms with Crippen molar-refractivity contribution >= 4 is 34.3 Å². The van der Waals surface area contributed by atoms with E-state index in [0.717, 1.165) is 12.0 Å². The van der Waals surface area contributed by atoms with Crippen LogP contribution < -0.4 is 10.9 Å². The number of carbonyl (C=O) groups excluding carboxylic acids is 1. The van der Waals surface area contributed by atoms with Crippen LogP contribution in [-0.2, 0) is 11.3 Å². The molecule has 0 aliphatic carbocycles. The maximum Gasteiger partial charge on any atom is 0.262 e. The van der Waals surface area contributed by atoms with Crippen molar-refractivity contribution < 1.29 is 9.18 Å². The Labute approximate surface area is 160 Å². The number of amides is 1. The number of nitrogens with zero attached hydrogens (tertiary/aromatic N) is 2. The van der Waals surface area contributed by atoms with E-state index in [1.165, 1.54) is 23.9 Å². The summed E-state index contributed by atoms with van der Waals surface area (Å²) in [4.78, 5) is 29.5. The summed E-state index contributed by atoms with van der Waals surface area (Å²) in [5, 5.41) is 3.60. The third-order valence-corrected chi connectivity index (χ3v) is 4.98. The third kappa shape index (κ3) is 4.36. The van der Waals surface area contributed by atoms with E-state index in [0.29, 0.717) is 22.6 Å². The first-order chi connectivity index (χ1) is 13.0. The van der Waals surface area contributed by atoms with Gasteiger partial charge in [-0.15, -0.1) is 0 Å². The highest BCUT2D eigenvalue weighted by Crippen LogP contribution is 2.20. The van der Waals surface area contributed by atoms with Gasteiger partial charge in [0.1, 0.15) is 5.82 Å². The highest BCUT2D eigenvalue weighted by Gasteiger charge is 2.13. The number of para-hydroxylation sites is 1. The van der Waals surface area contributed by atoms with E-state index >= 15 is 0 Å². The van der Waals surface area contributed by atoms with Crippen molar-refractivity contribution in [2.45, 2.75) is 32.0 Å². The van der Waals surface area contributed by atoms with Gasteiger partial charge in [-0.1, -0.05) is 36.9 Å². The third-order valence-electron chi connectivity index (χ3n) is 4.00. The van der Waals surface area contributed by atoms with Crippen molar-refractivity contribution in [1.29, 1.82) is 0 Å². The Morgan fingerprint density at radius 3 is 2.78 bits per heavy atom. The van der Waals surface area contributed by atoms with Gasteiger partial charge < -0.3 is 5.32 Å². The van der Waals surface area contributed by atoms with E-state index in [9.17, 15) is 14.0 Å². The number of aryl methyl sites for hydroxylation is 1. The van der Waals surface area contributed by atoms with Crippen molar-refractivity contribution in [3.63, 3.8) is 0 Å². The number of anilines is 1. The van der Waals surface area contributed by atoms with Crippen LogP contribution in [0.5, 0.6) is 0 Å². The van der Waals surface area contributed by atoms with Crippen molar-refractivity contribution in [2.24, 2.45) is 0 Å².